The number of nitrogens with one attached hydrogen (secondary N) is 1. The second kappa shape index (κ2) is 8.39. The molecule has 1 fully saturated rings. The highest BCUT2D eigenvalue weighted by Gasteiger charge is 2.27. The number of pyridine rings is 1. The van der Waals surface area contributed by atoms with Crippen molar-refractivity contribution in [3.63, 3.8) is 0 Å². The number of aromatic nitrogens is 1. The number of ether oxygens (including phenoxy) is 1. The molecule has 0 radical (unpaired) electrons. The SMILES string of the molecule is O=S(=O)(NC1CCC(Oc2ccc(Cl)cn2)CC1)c1ccc2c(c1)CCCC2. The molecule has 2 aliphatic rings. The van der Waals surface area contributed by atoms with E-state index in [-0.39, 0.29) is 12.1 Å². The lowest BCUT2D eigenvalue weighted by Gasteiger charge is -2.29. The van der Waals surface area contributed by atoms with Gasteiger partial charge < -0.3 is 4.74 Å². The van der Waals surface area contributed by atoms with Crippen LogP contribution in [0.3, 0.4) is 0 Å². The average Bonchev–Trinajstić information content (AvgIpc) is 2.70. The van der Waals surface area contributed by atoms with E-state index in [1.807, 2.05) is 12.1 Å². The van der Waals surface area contributed by atoms with Crippen LogP contribution in [0, 0.1) is 0 Å². The summed E-state index contributed by atoms with van der Waals surface area (Å²) in [6.45, 7) is 0. The van der Waals surface area contributed by atoms with Crippen LogP contribution in [-0.2, 0) is 22.9 Å². The van der Waals surface area contributed by atoms with Gasteiger partial charge in [-0.15, -0.1) is 0 Å². The highest BCUT2D eigenvalue weighted by Crippen LogP contribution is 2.27. The van der Waals surface area contributed by atoms with Gasteiger partial charge in [-0.05, 0) is 80.7 Å². The van der Waals surface area contributed by atoms with Gasteiger partial charge in [-0.3, -0.25) is 0 Å². The largest absolute Gasteiger partial charge is 0.474 e. The molecule has 28 heavy (non-hydrogen) atoms. The topological polar surface area (TPSA) is 68.3 Å². The summed E-state index contributed by atoms with van der Waals surface area (Å²) >= 11 is 5.84. The van der Waals surface area contributed by atoms with Crippen molar-refractivity contribution in [3.05, 3.63) is 52.7 Å². The van der Waals surface area contributed by atoms with E-state index in [4.69, 9.17) is 16.3 Å². The fraction of sp³-hybridized carbons (Fsp3) is 0.476. The molecule has 1 heterocycles. The van der Waals surface area contributed by atoms with Crippen LogP contribution in [-0.4, -0.2) is 25.5 Å². The van der Waals surface area contributed by atoms with Gasteiger partial charge in [0, 0.05) is 18.3 Å². The van der Waals surface area contributed by atoms with Crippen molar-refractivity contribution in [1.82, 2.24) is 9.71 Å². The first-order chi connectivity index (χ1) is 13.5. The number of hydrogen-bond donors (Lipinski definition) is 1. The van der Waals surface area contributed by atoms with E-state index < -0.39 is 10.0 Å². The van der Waals surface area contributed by atoms with Crippen LogP contribution in [0.5, 0.6) is 5.88 Å². The number of nitrogens with zero attached hydrogens (tertiary/aromatic N) is 1. The minimum absolute atomic E-state index is 0.0539. The van der Waals surface area contributed by atoms with Crippen molar-refractivity contribution in [1.29, 1.82) is 0 Å². The van der Waals surface area contributed by atoms with Gasteiger partial charge in [0.25, 0.3) is 0 Å². The van der Waals surface area contributed by atoms with Crippen molar-refractivity contribution in [3.8, 4) is 5.88 Å². The Hall–Kier alpha value is -1.63. The van der Waals surface area contributed by atoms with Crippen molar-refractivity contribution in [2.45, 2.75) is 68.4 Å². The van der Waals surface area contributed by atoms with Crippen molar-refractivity contribution < 1.29 is 13.2 Å². The van der Waals surface area contributed by atoms with Gasteiger partial charge in [0.1, 0.15) is 6.10 Å². The number of halogens is 1. The Kier molecular flexibility index (Phi) is 5.90. The summed E-state index contributed by atoms with van der Waals surface area (Å²) in [7, 11) is -3.49. The van der Waals surface area contributed by atoms with Gasteiger partial charge in [0.05, 0.1) is 9.92 Å². The summed E-state index contributed by atoms with van der Waals surface area (Å²) in [6, 6.07) is 9.03. The molecule has 0 aliphatic heterocycles. The summed E-state index contributed by atoms with van der Waals surface area (Å²) < 4.78 is 34.4. The summed E-state index contributed by atoms with van der Waals surface area (Å²) in [5, 5.41) is 0.577. The van der Waals surface area contributed by atoms with E-state index >= 15 is 0 Å². The second-order valence-corrected chi connectivity index (χ2v) is 9.82. The highest BCUT2D eigenvalue weighted by molar-refractivity contribution is 7.89. The Morgan fingerprint density at radius 1 is 1.00 bits per heavy atom. The third kappa shape index (κ3) is 4.67. The van der Waals surface area contributed by atoms with Crippen LogP contribution in [0.1, 0.15) is 49.7 Å². The molecule has 0 saturated heterocycles. The van der Waals surface area contributed by atoms with Crippen molar-refractivity contribution in [2.75, 3.05) is 0 Å². The zero-order valence-corrected chi connectivity index (χ0v) is 17.3. The third-order valence-corrected chi connectivity index (χ3v) is 7.36. The number of aryl methyl sites for hydroxylation is 2. The van der Waals surface area contributed by atoms with Gasteiger partial charge in [-0.1, -0.05) is 17.7 Å². The molecule has 0 amide bonds. The van der Waals surface area contributed by atoms with Gasteiger partial charge in [-0.25, -0.2) is 18.1 Å². The second-order valence-electron chi connectivity index (χ2n) is 7.67. The Bertz CT molecular complexity index is 923. The van der Waals surface area contributed by atoms with Crippen molar-refractivity contribution >= 4 is 21.6 Å². The molecule has 2 aromatic rings. The minimum atomic E-state index is -3.49. The molecule has 0 bridgehead atoms. The van der Waals surface area contributed by atoms with E-state index in [1.165, 1.54) is 17.5 Å². The number of rotatable bonds is 5. The fourth-order valence-electron chi connectivity index (χ4n) is 4.07. The maximum Gasteiger partial charge on any atom is 0.240 e. The smallest absolute Gasteiger partial charge is 0.240 e. The summed E-state index contributed by atoms with van der Waals surface area (Å²) in [4.78, 5) is 4.55. The lowest BCUT2D eigenvalue weighted by molar-refractivity contribution is 0.138. The molecular weight excluding hydrogens is 396 g/mol. The average molecular weight is 421 g/mol. The summed E-state index contributed by atoms with van der Waals surface area (Å²) in [5.74, 6) is 0.558. The number of sulfonamides is 1. The standard InChI is InChI=1S/C21H25ClN2O3S/c22-17-6-12-21(23-14-17)27-19-9-7-18(8-10-19)24-28(25,26)20-11-5-15-3-1-2-4-16(15)13-20/h5-6,11-14,18-19,24H,1-4,7-10H2. The molecule has 150 valence electrons. The molecular formula is C21H25ClN2O3S. The fourth-order valence-corrected chi connectivity index (χ4v) is 5.53. The molecule has 1 aromatic carbocycles. The van der Waals surface area contributed by atoms with E-state index in [0.29, 0.717) is 15.8 Å². The molecule has 0 atom stereocenters. The van der Waals surface area contributed by atoms with Crippen LogP contribution in [0.4, 0.5) is 0 Å². The maximum atomic E-state index is 12.8. The first kappa shape index (κ1) is 19.7. The van der Waals surface area contributed by atoms with E-state index in [2.05, 4.69) is 9.71 Å². The molecule has 2 aliphatic carbocycles. The van der Waals surface area contributed by atoms with Crippen LogP contribution in [0.25, 0.3) is 0 Å². The van der Waals surface area contributed by atoms with E-state index in [0.717, 1.165) is 44.9 Å². The van der Waals surface area contributed by atoms with Gasteiger partial charge >= 0.3 is 0 Å². The maximum absolute atomic E-state index is 12.8. The predicted octanol–water partition coefficient (Wildman–Crippen LogP) is 4.28. The highest BCUT2D eigenvalue weighted by atomic mass is 35.5. The number of benzene rings is 1. The Balaban J connectivity index is 1.34. The third-order valence-electron chi connectivity index (χ3n) is 5.61. The van der Waals surface area contributed by atoms with Crippen LogP contribution < -0.4 is 9.46 Å². The molecule has 0 spiro atoms. The number of fused-ring (bicyclic) bond motifs is 1. The first-order valence-corrected chi connectivity index (χ1v) is 11.8. The Morgan fingerprint density at radius 3 is 2.46 bits per heavy atom. The molecule has 7 heteroatoms. The van der Waals surface area contributed by atoms with Crippen LogP contribution >= 0.6 is 11.6 Å². The molecule has 1 aromatic heterocycles. The van der Waals surface area contributed by atoms with Crippen LogP contribution in [0.2, 0.25) is 5.02 Å². The normalized spacial score (nSPS) is 22.5. The van der Waals surface area contributed by atoms with Crippen molar-refractivity contribution in [2.24, 2.45) is 0 Å². The van der Waals surface area contributed by atoms with Crippen LogP contribution in [0.15, 0.2) is 41.4 Å². The first-order valence-electron chi connectivity index (χ1n) is 9.92. The number of hydrogen-bond acceptors (Lipinski definition) is 4. The summed E-state index contributed by atoms with van der Waals surface area (Å²) in [5.41, 5.74) is 2.47. The monoisotopic (exact) mass is 420 g/mol. The van der Waals surface area contributed by atoms with Gasteiger partial charge in [0.15, 0.2) is 0 Å². The predicted molar refractivity (Wildman–Crippen MR) is 109 cm³/mol. The van der Waals surface area contributed by atoms with E-state index in [1.54, 1.807) is 24.4 Å². The zero-order chi connectivity index (χ0) is 19.6. The zero-order valence-electron chi connectivity index (χ0n) is 15.7. The minimum Gasteiger partial charge on any atom is -0.474 e. The lowest BCUT2D eigenvalue weighted by atomic mass is 9.92. The lowest BCUT2D eigenvalue weighted by Crippen LogP contribution is -2.39. The van der Waals surface area contributed by atoms with E-state index in [9.17, 15) is 8.42 Å². The quantitative estimate of drug-likeness (QED) is 0.783. The molecule has 1 saturated carbocycles. The molecule has 0 unspecified atom stereocenters. The Morgan fingerprint density at radius 2 is 1.75 bits per heavy atom. The molecule has 4 rings (SSSR count). The van der Waals surface area contributed by atoms with Gasteiger partial charge in [-0.2, -0.15) is 0 Å². The summed E-state index contributed by atoms with van der Waals surface area (Å²) in [6.07, 6.45) is 9.06. The molecule has 5 nitrogen and oxygen atoms in total. The molecule has 1 N–H and O–H groups in total. The van der Waals surface area contributed by atoms with Gasteiger partial charge in [0.2, 0.25) is 15.9 Å². The Labute approximate surface area is 171 Å².